The van der Waals surface area contributed by atoms with E-state index < -0.39 is 11.6 Å². The van der Waals surface area contributed by atoms with Crippen LogP contribution >= 0.6 is 11.8 Å². The molecule has 1 aromatic rings. The molecule has 100 valence electrons. The standard InChI is InChI=1S/C13H16F2O2S/c1-8(5-6-16)18-9(2)13(17)10-3-4-11(14)12(15)7-10/h3-4,7-9,16H,5-6H2,1-2H3. The molecule has 0 aliphatic carbocycles. The third-order valence-electron chi connectivity index (χ3n) is 2.55. The van der Waals surface area contributed by atoms with E-state index in [1.165, 1.54) is 17.8 Å². The Labute approximate surface area is 109 Å². The molecule has 1 N–H and O–H groups in total. The van der Waals surface area contributed by atoms with E-state index >= 15 is 0 Å². The van der Waals surface area contributed by atoms with E-state index in [1.54, 1.807) is 6.92 Å². The largest absolute Gasteiger partial charge is 0.396 e. The maximum atomic E-state index is 13.0. The minimum atomic E-state index is -1.01. The average Bonchev–Trinajstić information content (AvgIpc) is 2.32. The number of benzene rings is 1. The molecule has 5 heteroatoms. The van der Waals surface area contributed by atoms with Gasteiger partial charge in [-0.15, -0.1) is 11.8 Å². The number of hydrogen-bond donors (Lipinski definition) is 1. The van der Waals surface area contributed by atoms with Crippen LogP contribution in [0.15, 0.2) is 18.2 Å². The van der Waals surface area contributed by atoms with Gasteiger partial charge in [-0.3, -0.25) is 4.79 Å². The maximum absolute atomic E-state index is 13.0. The zero-order chi connectivity index (χ0) is 13.7. The van der Waals surface area contributed by atoms with Crippen LogP contribution in [-0.2, 0) is 0 Å². The molecular weight excluding hydrogens is 258 g/mol. The van der Waals surface area contributed by atoms with Gasteiger partial charge in [0.25, 0.3) is 0 Å². The normalized spacial score (nSPS) is 14.3. The van der Waals surface area contributed by atoms with Gasteiger partial charge in [-0.25, -0.2) is 8.78 Å². The monoisotopic (exact) mass is 274 g/mol. The summed E-state index contributed by atoms with van der Waals surface area (Å²) in [7, 11) is 0. The molecule has 0 amide bonds. The van der Waals surface area contributed by atoms with Crippen molar-refractivity contribution in [3.05, 3.63) is 35.4 Å². The average molecular weight is 274 g/mol. The van der Waals surface area contributed by atoms with E-state index in [2.05, 4.69) is 0 Å². The quantitative estimate of drug-likeness (QED) is 0.810. The number of carbonyl (C=O) groups is 1. The third-order valence-corrected chi connectivity index (χ3v) is 3.87. The highest BCUT2D eigenvalue weighted by atomic mass is 32.2. The van der Waals surface area contributed by atoms with Crippen molar-refractivity contribution >= 4 is 17.5 Å². The number of rotatable bonds is 6. The molecule has 2 atom stereocenters. The molecule has 0 radical (unpaired) electrons. The fourth-order valence-corrected chi connectivity index (χ4v) is 2.74. The lowest BCUT2D eigenvalue weighted by Crippen LogP contribution is -2.17. The van der Waals surface area contributed by atoms with E-state index in [9.17, 15) is 13.6 Å². The van der Waals surface area contributed by atoms with E-state index in [1.807, 2.05) is 6.92 Å². The predicted octanol–water partition coefficient (Wildman–Crippen LogP) is 3.04. The summed E-state index contributed by atoms with van der Waals surface area (Å²) in [6.07, 6.45) is 0.597. The van der Waals surface area contributed by atoms with Gasteiger partial charge in [-0.05, 0) is 31.5 Å². The summed E-state index contributed by atoms with van der Waals surface area (Å²) in [5.74, 6) is -2.20. The van der Waals surface area contributed by atoms with Crippen LogP contribution in [0.3, 0.4) is 0 Å². The fourth-order valence-electron chi connectivity index (χ4n) is 1.54. The van der Waals surface area contributed by atoms with E-state index in [0.29, 0.717) is 6.42 Å². The number of hydrogen-bond acceptors (Lipinski definition) is 3. The van der Waals surface area contributed by atoms with Gasteiger partial charge in [0.05, 0.1) is 5.25 Å². The second-order valence-corrected chi connectivity index (χ2v) is 5.88. The molecule has 2 nitrogen and oxygen atoms in total. The van der Waals surface area contributed by atoms with Crippen molar-refractivity contribution in [3.8, 4) is 0 Å². The van der Waals surface area contributed by atoms with E-state index in [-0.39, 0.29) is 28.5 Å². The van der Waals surface area contributed by atoms with Crippen LogP contribution < -0.4 is 0 Å². The molecule has 0 aromatic heterocycles. The van der Waals surface area contributed by atoms with Crippen molar-refractivity contribution in [3.63, 3.8) is 0 Å². The van der Waals surface area contributed by atoms with E-state index in [4.69, 9.17) is 5.11 Å². The van der Waals surface area contributed by atoms with Crippen LogP contribution in [0.1, 0.15) is 30.6 Å². The Morgan fingerprint density at radius 3 is 2.56 bits per heavy atom. The summed E-state index contributed by atoms with van der Waals surface area (Å²) in [6, 6.07) is 3.16. The molecular formula is C13H16F2O2S. The van der Waals surface area contributed by atoms with Gasteiger partial charge < -0.3 is 5.11 Å². The SMILES string of the molecule is CC(CCO)SC(C)C(=O)c1ccc(F)c(F)c1. The van der Waals surface area contributed by atoms with Gasteiger partial charge in [0, 0.05) is 17.4 Å². The molecule has 0 spiro atoms. The molecule has 0 bridgehead atoms. The lowest BCUT2D eigenvalue weighted by Gasteiger charge is -2.15. The highest BCUT2D eigenvalue weighted by Crippen LogP contribution is 2.23. The Kier molecular flexibility index (Phi) is 5.75. The first-order chi connectivity index (χ1) is 8.45. The number of aliphatic hydroxyl groups excluding tert-OH is 1. The van der Waals surface area contributed by atoms with Crippen molar-refractivity contribution in [2.24, 2.45) is 0 Å². The Morgan fingerprint density at radius 2 is 2.00 bits per heavy atom. The second-order valence-electron chi connectivity index (χ2n) is 4.09. The van der Waals surface area contributed by atoms with Crippen molar-refractivity contribution in [2.75, 3.05) is 6.61 Å². The molecule has 0 saturated carbocycles. The molecule has 0 fully saturated rings. The van der Waals surface area contributed by atoms with Crippen LogP contribution in [0.2, 0.25) is 0 Å². The molecule has 0 saturated heterocycles. The highest BCUT2D eigenvalue weighted by molar-refractivity contribution is 8.01. The molecule has 1 rings (SSSR count). The summed E-state index contributed by atoms with van der Waals surface area (Å²) < 4.78 is 25.8. The highest BCUT2D eigenvalue weighted by Gasteiger charge is 2.19. The molecule has 0 heterocycles. The Hall–Kier alpha value is -0.940. The van der Waals surface area contributed by atoms with Gasteiger partial charge >= 0.3 is 0 Å². The Bertz CT molecular complexity index is 423. The van der Waals surface area contributed by atoms with Crippen molar-refractivity contribution in [1.82, 2.24) is 0 Å². The summed E-state index contributed by atoms with van der Waals surface area (Å²) >= 11 is 1.41. The third kappa shape index (κ3) is 4.07. The first-order valence-electron chi connectivity index (χ1n) is 5.71. The zero-order valence-corrected chi connectivity index (χ0v) is 11.1. The lowest BCUT2D eigenvalue weighted by atomic mass is 10.1. The molecule has 2 unspecified atom stereocenters. The summed E-state index contributed by atoms with van der Waals surface area (Å²) in [6.45, 7) is 3.71. The number of aliphatic hydroxyl groups is 1. The van der Waals surface area contributed by atoms with Crippen molar-refractivity contribution in [2.45, 2.75) is 30.8 Å². The van der Waals surface area contributed by atoms with Crippen molar-refractivity contribution < 1.29 is 18.7 Å². The molecule has 0 aliphatic rings. The van der Waals surface area contributed by atoms with Crippen LogP contribution in [0.4, 0.5) is 8.78 Å². The molecule has 18 heavy (non-hydrogen) atoms. The second kappa shape index (κ2) is 6.85. The minimum absolute atomic E-state index is 0.0697. The Morgan fingerprint density at radius 1 is 1.33 bits per heavy atom. The zero-order valence-electron chi connectivity index (χ0n) is 10.3. The fraction of sp³-hybridized carbons (Fsp3) is 0.462. The Balaban J connectivity index is 2.71. The smallest absolute Gasteiger partial charge is 0.175 e. The van der Waals surface area contributed by atoms with Gasteiger partial charge in [0.2, 0.25) is 0 Å². The van der Waals surface area contributed by atoms with Crippen LogP contribution in [0.25, 0.3) is 0 Å². The molecule has 0 aliphatic heterocycles. The van der Waals surface area contributed by atoms with Gasteiger partial charge in [-0.1, -0.05) is 6.92 Å². The first-order valence-corrected chi connectivity index (χ1v) is 6.65. The van der Waals surface area contributed by atoms with Gasteiger partial charge in [0.15, 0.2) is 17.4 Å². The maximum Gasteiger partial charge on any atom is 0.175 e. The van der Waals surface area contributed by atoms with Crippen LogP contribution in [0, 0.1) is 11.6 Å². The van der Waals surface area contributed by atoms with E-state index in [0.717, 1.165) is 12.1 Å². The molecule has 1 aromatic carbocycles. The topological polar surface area (TPSA) is 37.3 Å². The van der Waals surface area contributed by atoms with Crippen LogP contribution in [0.5, 0.6) is 0 Å². The minimum Gasteiger partial charge on any atom is -0.396 e. The summed E-state index contributed by atoms with van der Waals surface area (Å²) in [5, 5.41) is 8.57. The number of ketones is 1. The predicted molar refractivity (Wildman–Crippen MR) is 68.9 cm³/mol. The lowest BCUT2D eigenvalue weighted by molar-refractivity contribution is 0.0993. The summed E-state index contributed by atoms with van der Waals surface area (Å²) in [5.41, 5.74) is 0.171. The van der Waals surface area contributed by atoms with Gasteiger partial charge in [-0.2, -0.15) is 0 Å². The van der Waals surface area contributed by atoms with Gasteiger partial charge in [0.1, 0.15) is 0 Å². The number of thioether (sulfide) groups is 1. The number of halogens is 2. The summed E-state index contributed by atoms with van der Waals surface area (Å²) in [4.78, 5) is 12.0. The van der Waals surface area contributed by atoms with Crippen molar-refractivity contribution in [1.29, 1.82) is 0 Å². The number of carbonyl (C=O) groups excluding carboxylic acids is 1. The van der Waals surface area contributed by atoms with Crippen LogP contribution in [-0.4, -0.2) is 28.0 Å². The first kappa shape index (κ1) is 15.1. The number of Topliss-reactive ketones (excluding diaryl/α,β-unsaturated/α-hetero) is 1.